The number of hydrogen-bond acceptors (Lipinski definition) is 4. The summed E-state index contributed by atoms with van der Waals surface area (Å²) < 4.78 is 2.24. The highest BCUT2D eigenvalue weighted by Crippen LogP contribution is 2.57. The maximum absolute atomic E-state index is 9.67. The van der Waals surface area contributed by atoms with E-state index >= 15 is 0 Å². The van der Waals surface area contributed by atoms with Crippen LogP contribution in [0.25, 0.3) is 27.6 Å². The molecule has 0 bridgehead atoms. The summed E-state index contributed by atoms with van der Waals surface area (Å²) in [6.45, 7) is 0. The van der Waals surface area contributed by atoms with Gasteiger partial charge in [0.2, 0.25) is 0 Å². The van der Waals surface area contributed by atoms with E-state index in [1.54, 1.807) is 0 Å². The second-order valence-electron chi connectivity index (χ2n) is 12.2. The van der Waals surface area contributed by atoms with Crippen molar-refractivity contribution in [2.24, 2.45) is 0 Å². The average molecular weight is 626 g/mol. The van der Waals surface area contributed by atoms with Crippen LogP contribution in [0.3, 0.4) is 0 Å². The molecule has 0 saturated heterocycles. The van der Waals surface area contributed by atoms with Gasteiger partial charge in [0, 0.05) is 10.8 Å². The number of fused-ring (bicyclic) bond motifs is 5. The van der Waals surface area contributed by atoms with Gasteiger partial charge in [0.25, 0.3) is 0 Å². The van der Waals surface area contributed by atoms with Crippen molar-refractivity contribution in [1.82, 2.24) is 9.55 Å². The van der Waals surface area contributed by atoms with Crippen molar-refractivity contribution in [2.45, 2.75) is 5.41 Å². The van der Waals surface area contributed by atoms with Gasteiger partial charge in [0.05, 0.1) is 51.1 Å². The van der Waals surface area contributed by atoms with Gasteiger partial charge in [-0.1, -0.05) is 103 Å². The third kappa shape index (κ3) is 4.13. The molecule has 0 spiro atoms. The quantitative estimate of drug-likeness (QED) is 0.195. The predicted molar refractivity (Wildman–Crippen MR) is 195 cm³/mol. The largest absolute Gasteiger partial charge is 0.294 e. The lowest BCUT2D eigenvalue weighted by atomic mass is 9.62. The van der Waals surface area contributed by atoms with Crippen molar-refractivity contribution >= 4 is 39.0 Å². The summed E-state index contributed by atoms with van der Waals surface area (Å²) in [5.41, 5.74) is 8.89. The lowest BCUT2D eigenvalue weighted by Crippen LogP contribution is -2.38. The standard InChI is InChI=1S/C44H27N5/c45-28-30-20-24-32(25-21-30)44(33-26-22-31(29-46)23-27-33)36-12-3-7-16-40(36)49(41-17-8-4-13-37(41)44)43-19-9-18-42(47-43)48-38-14-5-1-10-34(38)35-11-2-6-15-39(35)48/h1-27H. The van der Waals surface area contributed by atoms with E-state index in [0.717, 1.165) is 56.3 Å². The number of benzene rings is 6. The van der Waals surface area contributed by atoms with Gasteiger partial charge in [-0.05, 0) is 82.9 Å². The van der Waals surface area contributed by atoms with Gasteiger partial charge in [-0.15, -0.1) is 0 Å². The molecule has 0 N–H and O–H groups in total. The molecule has 9 rings (SSSR count). The van der Waals surface area contributed by atoms with Crippen LogP contribution in [0.5, 0.6) is 0 Å². The molecule has 8 aromatic rings. The van der Waals surface area contributed by atoms with E-state index in [2.05, 4.69) is 161 Å². The molecule has 2 aromatic heterocycles. The lowest BCUT2D eigenvalue weighted by Gasteiger charge is -2.46. The fraction of sp³-hybridized carbons (Fsp3) is 0.0227. The zero-order valence-corrected chi connectivity index (χ0v) is 26.3. The van der Waals surface area contributed by atoms with Crippen molar-refractivity contribution in [3.05, 3.63) is 197 Å². The van der Waals surface area contributed by atoms with Crippen LogP contribution in [0.2, 0.25) is 0 Å². The second kappa shape index (κ2) is 11.1. The first-order chi connectivity index (χ1) is 24.2. The third-order valence-corrected chi connectivity index (χ3v) is 9.75. The minimum absolute atomic E-state index is 0.601. The summed E-state index contributed by atoms with van der Waals surface area (Å²) in [5, 5.41) is 21.7. The molecule has 5 heteroatoms. The first-order valence-electron chi connectivity index (χ1n) is 16.2. The maximum atomic E-state index is 9.67. The molecule has 1 aliphatic rings. The van der Waals surface area contributed by atoms with Gasteiger partial charge >= 0.3 is 0 Å². The SMILES string of the molecule is N#Cc1ccc(C2(c3ccc(C#N)cc3)c3ccccc3N(c3cccc(-n4c5ccccc5c5ccccc54)n3)c3ccccc32)cc1. The Morgan fingerprint density at radius 1 is 0.449 bits per heavy atom. The highest BCUT2D eigenvalue weighted by Gasteiger charge is 2.46. The van der Waals surface area contributed by atoms with Crippen LogP contribution in [0, 0.1) is 22.7 Å². The van der Waals surface area contributed by atoms with Crippen molar-refractivity contribution in [3.63, 3.8) is 0 Å². The average Bonchev–Trinajstić information content (AvgIpc) is 3.51. The molecule has 1 aliphatic heterocycles. The van der Waals surface area contributed by atoms with E-state index in [1.807, 2.05) is 24.3 Å². The lowest BCUT2D eigenvalue weighted by molar-refractivity contribution is 0.729. The number of aromatic nitrogens is 2. The number of hydrogen-bond donors (Lipinski definition) is 0. The molecule has 0 saturated carbocycles. The fourth-order valence-corrected chi connectivity index (χ4v) is 7.70. The summed E-state index contributed by atoms with van der Waals surface area (Å²) in [7, 11) is 0. The number of rotatable bonds is 4. The number of nitrogens with zero attached hydrogens (tertiary/aromatic N) is 5. The van der Waals surface area contributed by atoms with E-state index in [0.29, 0.717) is 11.1 Å². The van der Waals surface area contributed by atoms with E-state index in [4.69, 9.17) is 4.98 Å². The number of anilines is 3. The topological polar surface area (TPSA) is 68.6 Å². The van der Waals surface area contributed by atoms with Gasteiger partial charge in [-0.25, -0.2) is 4.98 Å². The van der Waals surface area contributed by atoms with Crippen LogP contribution >= 0.6 is 0 Å². The number of nitriles is 2. The smallest absolute Gasteiger partial charge is 0.140 e. The Morgan fingerprint density at radius 2 is 0.898 bits per heavy atom. The zero-order valence-electron chi connectivity index (χ0n) is 26.3. The third-order valence-electron chi connectivity index (χ3n) is 9.75. The fourth-order valence-electron chi connectivity index (χ4n) is 7.70. The molecule has 0 unspecified atom stereocenters. The minimum atomic E-state index is -0.740. The van der Waals surface area contributed by atoms with Crippen LogP contribution in [-0.2, 0) is 5.41 Å². The minimum Gasteiger partial charge on any atom is -0.294 e. The van der Waals surface area contributed by atoms with Gasteiger partial charge in [0.15, 0.2) is 0 Å². The maximum Gasteiger partial charge on any atom is 0.140 e. The molecule has 228 valence electrons. The summed E-state index contributed by atoms with van der Waals surface area (Å²) >= 11 is 0. The first kappa shape index (κ1) is 28.3. The van der Waals surface area contributed by atoms with Crippen molar-refractivity contribution in [2.75, 3.05) is 4.90 Å². The first-order valence-corrected chi connectivity index (χ1v) is 16.2. The van der Waals surface area contributed by atoms with Gasteiger partial charge in [-0.3, -0.25) is 9.47 Å². The van der Waals surface area contributed by atoms with Crippen molar-refractivity contribution in [3.8, 4) is 18.0 Å². The highest BCUT2D eigenvalue weighted by molar-refractivity contribution is 6.09. The summed E-state index contributed by atoms with van der Waals surface area (Å²) in [4.78, 5) is 7.65. The molecule has 0 fully saturated rings. The number of para-hydroxylation sites is 4. The van der Waals surface area contributed by atoms with Crippen molar-refractivity contribution in [1.29, 1.82) is 10.5 Å². The summed E-state index contributed by atoms with van der Waals surface area (Å²) in [5.74, 6) is 1.63. The summed E-state index contributed by atoms with van der Waals surface area (Å²) in [6.07, 6.45) is 0. The summed E-state index contributed by atoms with van der Waals surface area (Å²) in [6, 6.07) is 60.5. The molecule has 49 heavy (non-hydrogen) atoms. The number of pyridine rings is 1. The second-order valence-corrected chi connectivity index (χ2v) is 12.2. The monoisotopic (exact) mass is 625 g/mol. The van der Waals surface area contributed by atoms with E-state index < -0.39 is 5.41 Å². The molecule has 0 radical (unpaired) electrons. The Kier molecular flexibility index (Phi) is 6.40. The Hall–Kier alpha value is -6.95. The van der Waals surface area contributed by atoms with Crippen LogP contribution in [0.1, 0.15) is 33.4 Å². The molecule has 5 nitrogen and oxygen atoms in total. The van der Waals surface area contributed by atoms with Gasteiger partial charge < -0.3 is 0 Å². The molecule has 0 atom stereocenters. The van der Waals surface area contributed by atoms with E-state index in [9.17, 15) is 10.5 Å². The Bertz CT molecular complexity index is 2480. The Labute approximate surface area is 283 Å². The Morgan fingerprint density at radius 3 is 1.41 bits per heavy atom. The molecule has 0 aliphatic carbocycles. The van der Waals surface area contributed by atoms with E-state index in [1.165, 1.54) is 10.8 Å². The van der Waals surface area contributed by atoms with E-state index in [-0.39, 0.29) is 0 Å². The molecule has 0 amide bonds. The van der Waals surface area contributed by atoms with Crippen molar-refractivity contribution < 1.29 is 0 Å². The van der Waals surface area contributed by atoms with Crippen LogP contribution < -0.4 is 4.90 Å². The van der Waals surface area contributed by atoms with Crippen LogP contribution in [0.15, 0.2) is 164 Å². The zero-order chi connectivity index (χ0) is 33.0. The highest BCUT2D eigenvalue weighted by atomic mass is 15.2. The van der Waals surface area contributed by atoms with Crippen LogP contribution in [0.4, 0.5) is 17.2 Å². The predicted octanol–water partition coefficient (Wildman–Crippen LogP) is 10.1. The molecule has 6 aromatic carbocycles. The Balaban J connectivity index is 1.32. The van der Waals surface area contributed by atoms with Gasteiger partial charge in [0.1, 0.15) is 11.6 Å². The molecular weight excluding hydrogens is 599 g/mol. The van der Waals surface area contributed by atoms with Crippen LogP contribution in [-0.4, -0.2) is 9.55 Å². The molecule has 3 heterocycles. The van der Waals surface area contributed by atoms with Gasteiger partial charge in [-0.2, -0.15) is 10.5 Å². The normalized spacial score (nSPS) is 13.0. The molecular formula is C44H27N5.